The van der Waals surface area contributed by atoms with Crippen LogP contribution in [0.3, 0.4) is 0 Å². The summed E-state index contributed by atoms with van der Waals surface area (Å²) in [6.07, 6.45) is 1.48. The number of unbranched alkanes of at least 4 members (excludes halogenated alkanes) is 1. The van der Waals surface area contributed by atoms with Gasteiger partial charge in [-0.25, -0.2) is 0 Å². The van der Waals surface area contributed by atoms with Crippen LogP contribution in [0.2, 0.25) is 0 Å². The topological polar surface area (TPSA) is 66.8 Å². The lowest BCUT2D eigenvalue weighted by atomic mass is 9.79. The van der Waals surface area contributed by atoms with Crippen LogP contribution in [0.5, 0.6) is 11.5 Å². The molecule has 0 aliphatic heterocycles. The third kappa shape index (κ3) is 9.95. The summed E-state index contributed by atoms with van der Waals surface area (Å²) in [5.74, 6) is 0.810. The van der Waals surface area contributed by atoms with E-state index in [-0.39, 0.29) is 44.7 Å². The van der Waals surface area contributed by atoms with Crippen LogP contribution >= 0.6 is 23.5 Å². The fourth-order valence-electron chi connectivity index (χ4n) is 4.83. The number of thioether (sulfide) groups is 2. The molecule has 0 aliphatic carbocycles. The second kappa shape index (κ2) is 13.2. The van der Waals surface area contributed by atoms with E-state index in [0.717, 1.165) is 32.0 Å². The maximum atomic E-state index is 12.9. The van der Waals surface area contributed by atoms with Gasteiger partial charge in [0.1, 0.15) is 11.5 Å². The number of carbonyl (C=O) groups excluding carboxylic acids is 1. The molecule has 0 fully saturated rings. The van der Waals surface area contributed by atoms with Gasteiger partial charge in [-0.05, 0) is 72.6 Å². The van der Waals surface area contributed by atoms with Crippen LogP contribution in [-0.2, 0) is 26.5 Å². The first-order chi connectivity index (χ1) is 18.9. The van der Waals surface area contributed by atoms with Gasteiger partial charge in [0.2, 0.25) is 0 Å². The van der Waals surface area contributed by atoms with Gasteiger partial charge in [0.05, 0.1) is 4.08 Å². The summed E-state index contributed by atoms with van der Waals surface area (Å²) in [5.41, 5.74) is 3.11. The van der Waals surface area contributed by atoms with Crippen molar-refractivity contribution in [3.63, 3.8) is 0 Å². The molecule has 4 nitrogen and oxygen atoms in total. The fourth-order valence-corrected chi connectivity index (χ4v) is 7.42. The standard InChI is InChI=1S/C36H56O4S2/c1-32(2,3)25-19-23(20-26(30(25)39)33(4,5)6)41-36(13,14)42-24-21-27(34(7,8)9)31(28(22-24)35(10,11)12)40-29(38)17-15-16-18-37/h19-22,37,39H,15-18H2,1-14H3. The molecule has 2 aromatic rings. The number of phenols is 1. The van der Waals surface area contributed by atoms with Crippen molar-refractivity contribution in [2.24, 2.45) is 0 Å². The Morgan fingerprint density at radius 2 is 1.00 bits per heavy atom. The maximum absolute atomic E-state index is 12.9. The third-order valence-corrected chi connectivity index (χ3v) is 9.54. The zero-order valence-corrected chi connectivity index (χ0v) is 30.3. The van der Waals surface area contributed by atoms with Crippen LogP contribution in [0.4, 0.5) is 0 Å². The molecule has 0 aromatic heterocycles. The van der Waals surface area contributed by atoms with E-state index < -0.39 is 0 Å². The quantitative estimate of drug-likeness (QED) is 0.0961. The SMILES string of the molecule is CC(C)(Sc1cc(C(C)(C)C)c(O)c(C(C)(C)C)c1)Sc1cc(C(C)(C)C)c(OC(=O)CCCCO)c(C(C)(C)C)c1. The Morgan fingerprint density at radius 1 is 0.643 bits per heavy atom. The van der Waals surface area contributed by atoms with Crippen molar-refractivity contribution in [1.29, 1.82) is 0 Å². The van der Waals surface area contributed by atoms with Crippen LogP contribution in [0, 0.1) is 0 Å². The Morgan fingerprint density at radius 3 is 1.33 bits per heavy atom. The molecule has 0 radical (unpaired) electrons. The van der Waals surface area contributed by atoms with Gasteiger partial charge in [-0.15, -0.1) is 23.5 Å². The second-order valence-electron chi connectivity index (χ2n) is 16.0. The number of benzene rings is 2. The summed E-state index contributed by atoms with van der Waals surface area (Å²) < 4.78 is 5.87. The summed E-state index contributed by atoms with van der Waals surface area (Å²) in [7, 11) is 0. The molecule has 0 heterocycles. The maximum Gasteiger partial charge on any atom is 0.311 e. The van der Waals surface area contributed by atoms with Crippen molar-refractivity contribution in [2.45, 2.75) is 152 Å². The number of aliphatic hydroxyl groups excluding tert-OH is 1. The Bertz CT molecular complexity index is 1180. The van der Waals surface area contributed by atoms with E-state index in [9.17, 15) is 9.90 Å². The molecule has 0 amide bonds. The average Bonchev–Trinajstić information content (AvgIpc) is 2.77. The van der Waals surface area contributed by atoms with Gasteiger partial charge in [-0.3, -0.25) is 4.79 Å². The average molecular weight is 617 g/mol. The molecule has 2 aromatic carbocycles. The molecule has 0 spiro atoms. The van der Waals surface area contributed by atoms with Crippen LogP contribution in [0.15, 0.2) is 34.1 Å². The molecule has 42 heavy (non-hydrogen) atoms. The number of rotatable bonds is 9. The highest BCUT2D eigenvalue weighted by Gasteiger charge is 2.32. The summed E-state index contributed by atoms with van der Waals surface area (Å²) in [4.78, 5) is 15.1. The highest BCUT2D eigenvalue weighted by atomic mass is 32.2. The lowest BCUT2D eigenvalue weighted by Gasteiger charge is -2.32. The summed E-state index contributed by atoms with van der Waals surface area (Å²) in [6.45, 7) is 30.4. The highest BCUT2D eigenvalue weighted by molar-refractivity contribution is 8.18. The monoisotopic (exact) mass is 616 g/mol. The van der Waals surface area contributed by atoms with E-state index in [4.69, 9.17) is 9.84 Å². The molecule has 0 atom stereocenters. The van der Waals surface area contributed by atoms with E-state index in [0.29, 0.717) is 24.3 Å². The highest BCUT2D eigenvalue weighted by Crippen LogP contribution is 2.51. The smallest absolute Gasteiger partial charge is 0.311 e. The first-order valence-corrected chi connectivity index (χ1v) is 16.8. The lowest BCUT2D eigenvalue weighted by Crippen LogP contribution is -2.22. The predicted octanol–water partition coefficient (Wildman–Crippen LogP) is 10.3. The Hall–Kier alpha value is -1.63. The Kier molecular flexibility index (Phi) is 11.5. The number of hydrogen-bond acceptors (Lipinski definition) is 6. The normalized spacial score (nSPS) is 13.4. The van der Waals surface area contributed by atoms with E-state index in [2.05, 4.69) is 121 Å². The summed E-state index contributed by atoms with van der Waals surface area (Å²) >= 11 is 3.62. The van der Waals surface area contributed by atoms with Crippen LogP contribution in [0.25, 0.3) is 0 Å². The minimum atomic E-state index is -0.257. The zero-order valence-electron chi connectivity index (χ0n) is 28.7. The first-order valence-electron chi connectivity index (χ1n) is 15.1. The number of hydrogen-bond donors (Lipinski definition) is 2. The molecule has 2 N–H and O–H groups in total. The molecular formula is C36H56O4S2. The molecule has 0 bridgehead atoms. The second-order valence-corrected chi connectivity index (χ2v) is 19.6. The van der Waals surface area contributed by atoms with E-state index in [1.54, 1.807) is 0 Å². The van der Waals surface area contributed by atoms with Gasteiger partial charge in [0.15, 0.2) is 0 Å². The summed E-state index contributed by atoms with van der Waals surface area (Å²) in [6, 6.07) is 8.68. The Balaban J connectivity index is 2.59. The zero-order chi connectivity index (χ0) is 32.5. The van der Waals surface area contributed by atoms with Gasteiger partial charge in [0.25, 0.3) is 0 Å². The molecule has 0 saturated heterocycles. The van der Waals surface area contributed by atoms with Crippen molar-refractivity contribution < 1.29 is 19.7 Å². The molecule has 0 unspecified atom stereocenters. The molecule has 6 heteroatoms. The molecule has 236 valence electrons. The largest absolute Gasteiger partial charge is 0.507 e. The van der Waals surface area contributed by atoms with Gasteiger partial charge >= 0.3 is 5.97 Å². The first kappa shape index (κ1) is 36.6. The molecule has 0 aliphatic rings. The van der Waals surface area contributed by atoms with Crippen molar-refractivity contribution in [3.8, 4) is 11.5 Å². The number of carbonyl (C=O) groups is 1. The van der Waals surface area contributed by atoms with Crippen molar-refractivity contribution in [2.75, 3.05) is 6.61 Å². The van der Waals surface area contributed by atoms with Crippen LogP contribution in [-0.4, -0.2) is 26.9 Å². The van der Waals surface area contributed by atoms with Crippen molar-refractivity contribution in [1.82, 2.24) is 0 Å². The van der Waals surface area contributed by atoms with Crippen molar-refractivity contribution >= 4 is 29.5 Å². The van der Waals surface area contributed by atoms with E-state index in [1.165, 1.54) is 0 Å². The van der Waals surface area contributed by atoms with Crippen molar-refractivity contribution in [3.05, 3.63) is 46.5 Å². The number of aliphatic hydroxyl groups is 1. The molecular weight excluding hydrogens is 561 g/mol. The lowest BCUT2D eigenvalue weighted by molar-refractivity contribution is -0.134. The number of esters is 1. The predicted molar refractivity (Wildman–Crippen MR) is 182 cm³/mol. The van der Waals surface area contributed by atoms with Crippen LogP contribution in [0.1, 0.15) is 138 Å². The summed E-state index contributed by atoms with van der Waals surface area (Å²) in [5, 5.41) is 20.3. The van der Waals surface area contributed by atoms with Gasteiger partial charge in [-0.1, -0.05) is 83.1 Å². The third-order valence-electron chi connectivity index (χ3n) is 7.11. The van der Waals surface area contributed by atoms with Crippen LogP contribution < -0.4 is 4.74 Å². The van der Waals surface area contributed by atoms with E-state index in [1.807, 2.05) is 23.5 Å². The van der Waals surface area contributed by atoms with E-state index >= 15 is 0 Å². The minimum absolute atomic E-state index is 0.0761. The van der Waals surface area contributed by atoms with Gasteiger partial charge < -0.3 is 14.9 Å². The Labute approximate surface area is 264 Å². The minimum Gasteiger partial charge on any atom is -0.507 e. The fraction of sp³-hybridized carbons (Fsp3) is 0.639. The number of phenolic OH excluding ortho intramolecular Hbond substituents is 1. The number of aromatic hydroxyl groups is 1. The van der Waals surface area contributed by atoms with Gasteiger partial charge in [-0.2, -0.15) is 0 Å². The molecule has 0 saturated carbocycles. The number of ether oxygens (including phenoxy) is 1. The molecule has 2 rings (SSSR count). The van der Waals surface area contributed by atoms with Gasteiger partial charge in [0, 0.05) is 45.1 Å².